The van der Waals surface area contributed by atoms with Gasteiger partial charge in [-0.05, 0) is 46.3 Å². The molecule has 0 atom stereocenters. The van der Waals surface area contributed by atoms with Gasteiger partial charge in [-0.15, -0.1) is 0 Å². The quantitative estimate of drug-likeness (QED) is 0.865. The zero-order valence-corrected chi connectivity index (χ0v) is 13.0. The molecule has 3 rings (SSSR count). The van der Waals surface area contributed by atoms with Gasteiger partial charge in [0.1, 0.15) is 17.2 Å². The molecule has 0 fully saturated rings. The van der Waals surface area contributed by atoms with E-state index in [4.69, 9.17) is 4.74 Å². The standard InChI is InChI=1S/C16H14BrNO3/c1-21-15-8-14(20)13-9-18(7-6-12(13)16(15)17)10-2-4-11(19)5-3-10/h2-8,19-20H,9H2,1H3. The van der Waals surface area contributed by atoms with Crippen molar-refractivity contribution in [3.8, 4) is 17.2 Å². The van der Waals surface area contributed by atoms with E-state index in [1.54, 1.807) is 25.3 Å². The summed E-state index contributed by atoms with van der Waals surface area (Å²) < 4.78 is 6.07. The summed E-state index contributed by atoms with van der Waals surface area (Å²) in [5.74, 6) is 1.04. The lowest BCUT2D eigenvalue weighted by Gasteiger charge is -2.27. The van der Waals surface area contributed by atoms with Gasteiger partial charge in [0.15, 0.2) is 0 Å². The summed E-state index contributed by atoms with van der Waals surface area (Å²) in [7, 11) is 1.57. The van der Waals surface area contributed by atoms with Crippen molar-refractivity contribution >= 4 is 27.7 Å². The van der Waals surface area contributed by atoms with Gasteiger partial charge in [0.05, 0.1) is 18.1 Å². The van der Waals surface area contributed by atoms with E-state index in [1.807, 2.05) is 29.3 Å². The lowest BCUT2D eigenvalue weighted by molar-refractivity contribution is 0.403. The number of phenols is 2. The van der Waals surface area contributed by atoms with Crippen LogP contribution in [-0.2, 0) is 6.54 Å². The number of hydrogen-bond acceptors (Lipinski definition) is 4. The summed E-state index contributed by atoms with van der Waals surface area (Å²) in [6.07, 6.45) is 3.87. The van der Waals surface area contributed by atoms with Crippen molar-refractivity contribution in [3.63, 3.8) is 0 Å². The Labute approximate surface area is 131 Å². The molecule has 0 aliphatic carbocycles. The Morgan fingerprint density at radius 3 is 2.57 bits per heavy atom. The Morgan fingerprint density at radius 1 is 1.19 bits per heavy atom. The summed E-state index contributed by atoms with van der Waals surface area (Å²) in [4.78, 5) is 2.00. The molecule has 1 heterocycles. The Balaban J connectivity index is 2.01. The first-order chi connectivity index (χ1) is 10.1. The average Bonchev–Trinajstić information content (AvgIpc) is 2.51. The van der Waals surface area contributed by atoms with Gasteiger partial charge in [-0.3, -0.25) is 0 Å². The van der Waals surface area contributed by atoms with E-state index < -0.39 is 0 Å². The van der Waals surface area contributed by atoms with Crippen molar-refractivity contribution in [2.24, 2.45) is 0 Å². The number of nitrogens with zero attached hydrogens (tertiary/aromatic N) is 1. The van der Waals surface area contributed by atoms with Gasteiger partial charge in [-0.25, -0.2) is 0 Å². The fourth-order valence-electron chi connectivity index (χ4n) is 2.38. The second-order valence-electron chi connectivity index (χ2n) is 4.76. The number of rotatable bonds is 2. The third-order valence-electron chi connectivity index (χ3n) is 3.51. The molecule has 0 bridgehead atoms. The Hall–Kier alpha value is -2.14. The average molecular weight is 348 g/mol. The van der Waals surface area contributed by atoms with E-state index in [1.165, 1.54) is 0 Å². The van der Waals surface area contributed by atoms with Crippen LogP contribution in [0.25, 0.3) is 6.08 Å². The molecular formula is C16H14BrNO3. The van der Waals surface area contributed by atoms with Crippen molar-refractivity contribution in [1.29, 1.82) is 0 Å². The Morgan fingerprint density at radius 2 is 1.90 bits per heavy atom. The minimum Gasteiger partial charge on any atom is -0.508 e. The molecule has 108 valence electrons. The second kappa shape index (κ2) is 5.33. The molecule has 0 spiro atoms. The molecule has 0 amide bonds. The van der Waals surface area contributed by atoms with Crippen LogP contribution in [0.2, 0.25) is 0 Å². The fourth-order valence-corrected chi connectivity index (χ4v) is 3.02. The van der Waals surface area contributed by atoms with Crippen LogP contribution >= 0.6 is 15.9 Å². The smallest absolute Gasteiger partial charge is 0.137 e. The van der Waals surface area contributed by atoms with Crippen LogP contribution in [0, 0.1) is 0 Å². The van der Waals surface area contributed by atoms with E-state index in [0.717, 1.165) is 21.3 Å². The third kappa shape index (κ3) is 2.45. The van der Waals surface area contributed by atoms with Crippen LogP contribution in [0.15, 0.2) is 41.0 Å². The highest BCUT2D eigenvalue weighted by molar-refractivity contribution is 9.10. The molecule has 2 aromatic carbocycles. The van der Waals surface area contributed by atoms with Gasteiger partial charge in [0.25, 0.3) is 0 Å². The molecular weight excluding hydrogens is 334 g/mol. The summed E-state index contributed by atoms with van der Waals surface area (Å²) in [5.41, 5.74) is 2.70. The maximum atomic E-state index is 10.2. The van der Waals surface area contributed by atoms with Gasteiger partial charge < -0.3 is 19.8 Å². The van der Waals surface area contributed by atoms with Crippen molar-refractivity contribution in [2.75, 3.05) is 12.0 Å². The molecule has 2 N–H and O–H groups in total. The molecule has 2 aromatic rings. The minimum absolute atomic E-state index is 0.207. The monoisotopic (exact) mass is 347 g/mol. The lowest BCUT2D eigenvalue weighted by atomic mass is 10.0. The SMILES string of the molecule is COc1cc(O)c2c(c1Br)C=CN(c1ccc(O)cc1)C2. The van der Waals surface area contributed by atoms with E-state index >= 15 is 0 Å². The number of ether oxygens (including phenoxy) is 1. The van der Waals surface area contributed by atoms with E-state index in [9.17, 15) is 10.2 Å². The topological polar surface area (TPSA) is 52.9 Å². The largest absolute Gasteiger partial charge is 0.508 e. The third-order valence-corrected chi connectivity index (χ3v) is 4.32. The number of phenolic OH excluding ortho intramolecular Hbond substituents is 2. The molecule has 1 aliphatic heterocycles. The van der Waals surface area contributed by atoms with Crippen LogP contribution in [0.5, 0.6) is 17.2 Å². The summed E-state index contributed by atoms with van der Waals surface area (Å²) in [6.45, 7) is 0.547. The zero-order valence-electron chi connectivity index (χ0n) is 11.4. The number of anilines is 1. The molecule has 1 aliphatic rings. The Bertz CT molecular complexity index is 710. The number of methoxy groups -OCH3 is 1. The lowest BCUT2D eigenvalue weighted by Crippen LogP contribution is -2.19. The Kier molecular flexibility index (Phi) is 3.51. The number of halogens is 1. The number of hydrogen-bond donors (Lipinski definition) is 2. The van der Waals surface area contributed by atoms with Gasteiger partial charge in [-0.2, -0.15) is 0 Å². The molecule has 4 nitrogen and oxygen atoms in total. The van der Waals surface area contributed by atoms with E-state index in [-0.39, 0.29) is 11.5 Å². The molecule has 0 radical (unpaired) electrons. The van der Waals surface area contributed by atoms with Crippen LogP contribution in [0.3, 0.4) is 0 Å². The van der Waals surface area contributed by atoms with Gasteiger partial charge in [0.2, 0.25) is 0 Å². The van der Waals surface area contributed by atoms with Crippen LogP contribution in [0.4, 0.5) is 5.69 Å². The second-order valence-corrected chi connectivity index (χ2v) is 5.56. The normalized spacial score (nSPS) is 13.1. The van der Waals surface area contributed by atoms with Gasteiger partial charge in [-0.1, -0.05) is 0 Å². The van der Waals surface area contributed by atoms with Crippen LogP contribution < -0.4 is 9.64 Å². The molecule has 5 heteroatoms. The highest BCUT2D eigenvalue weighted by Crippen LogP contribution is 2.40. The highest BCUT2D eigenvalue weighted by Gasteiger charge is 2.20. The van der Waals surface area contributed by atoms with Gasteiger partial charge in [0, 0.05) is 29.1 Å². The molecule has 0 aromatic heterocycles. The van der Waals surface area contributed by atoms with Crippen LogP contribution in [0.1, 0.15) is 11.1 Å². The first-order valence-electron chi connectivity index (χ1n) is 6.42. The molecule has 0 unspecified atom stereocenters. The predicted molar refractivity (Wildman–Crippen MR) is 85.7 cm³/mol. The summed E-state index contributed by atoms with van der Waals surface area (Å²) >= 11 is 3.51. The fraction of sp³-hybridized carbons (Fsp3) is 0.125. The summed E-state index contributed by atoms with van der Waals surface area (Å²) in [5, 5.41) is 19.6. The number of fused-ring (bicyclic) bond motifs is 1. The highest BCUT2D eigenvalue weighted by atomic mass is 79.9. The number of benzene rings is 2. The minimum atomic E-state index is 0.207. The maximum absolute atomic E-state index is 10.2. The maximum Gasteiger partial charge on any atom is 0.137 e. The van der Waals surface area contributed by atoms with Crippen molar-refractivity contribution in [1.82, 2.24) is 0 Å². The molecule has 0 saturated heterocycles. The summed E-state index contributed by atoms with van der Waals surface area (Å²) in [6, 6.07) is 8.56. The first kappa shape index (κ1) is 13.8. The molecule has 0 saturated carbocycles. The van der Waals surface area contributed by atoms with Crippen molar-refractivity contribution < 1.29 is 14.9 Å². The van der Waals surface area contributed by atoms with Crippen molar-refractivity contribution in [2.45, 2.75) is 6.54 Å². The van der Waals surface area contributed by atoms with Gasteiger partial charge >= 0.3 is 0 Å². The molecule has 21 heavy (non-hydrogen) atoms. The number of aromatic hydroxyl groups is 2. The zero-order chi connectivity index (χ0) is 15.0. The van der Waals surface area contributed by atoms with E-state index in [2.05, 4.69) is 15.9 Å². The van der Waals surface area contributed by atoms with Crippen LogP contribution in [-0.4, -0.2) is 17.3 Å². The predicted octanol–water partition coefficient (Wildman–Crippen LogP) is 3.86. The van der Waals surface area contributed by atoms with E-state index in [0.29, 0.717) is 12.3 Å². The first-order valence-corrected chi connectivity index (χ1v) is 7.21. The van der Waals surface area contributed by atoms with Crippen molar-refractivity contribution in [3.05, 3.63) is 52.1 Å².